The van der Waals surface area contributed by atoms with E-state index in [0.29, 0.717) is 45.5 Å². The van der Waals surface area contributed by atoms with Crippen LogP contribution in [-0.4, -0.2) is 62.9 Å². The molecule has 3 rings (SSSR count). The summed E-state index contributed by atoms with van der Waals surface area (Å²) >= 11 is 0. The summed E-state index contributed by atoms with van der Waals surface area (Å²) < 4.78 is 29.0. The first-order chi connectivity index (χ1) is 16.1. The van der Waals surface area contributed by atoms with Gasteiger partial charge in [-0.3, -0.25) is 4.79 Å². The molecule has 2 aliphatic carbocycles. The van der Waals surface area contributed by atoms with Gasteiger partial charge in [0.15, 0.2) is 5.78 Å². The van der Waals surface area contributed by atoms with Gasteiger partial charge < -0.3 is 28.8 Å². The monoisotopic (exact) mass is 478 g/mol. The Bertz CT molecular complexity index is 804. The molecule has 2 aliphatic rings. The molecule has 7 heteroatoms. The number of Topliss-reactive ketones (excluding diaryl/α,β-unsaturated/α-hetero) is 1. The highest BCUT2D eigenvalue weighted by atomic mass is 16.7. The lowest BCUT2D eigenvalue weighted by Crippen LogP contribution is -2.53. The molecule has 0 unspecified atom stereocenters. The van der Waals surface area contributed by atoms with Crippen LogP contribution >= 0.6 is 0 Å². The second kappa shape index (κ2) is 11.0. The Labute approximate surface area is 204 Å². The number of ether oxygens (including phenoxy) is 5. The maximum Gasteiger partial charge on any atom is 0.164 e. The van der Waals surface area contributed by atoms with E-state index in [2.05, 4.69) is 13.8 Å². The lowest BCUT2D eigenvalue weighted by atomic mass is 9.67. The SMILES string of the molecule is COCCOCO[C@@H]1[C@H](OCc2ccc(OC)cc2)[C@H]2CC[C@@](O)(C(=O)CCC1(C)C)C2(C)C. The highest BCUT2D eigenvalue weighted by Gasteiger charge is 2.62. The van der Waals surface area contributed by atoms with E-state index < -0.39 is 11.0 Å². The Balaban J connectivity index is 1.90. The van der Waals surface area contributed by atoms with Crippen molar-refractivity contribution in [3.63, 3.8) is 0 Å². The molecule has 2 bridgehead atoms. The van der Waals surface area contributed by atoms with Crippen LogP contribution < -0.4 is 4.74 Å². The van der Waals surface area contributed by atoms with E-state index in [1.54, 1.807) is 14.2 Å². The number of carbonyl (C=O) groups is 1. The smallest absolute Gasteiger partial charge is 0.164 e. The molecular formula is C27H42O7. The fourth-order valence-electron chi connectivity index (χ4n) is 5.63. The van der Waals surface area contributed by atoms with E-state index in [1.165, 1.54) is 0 Å². The fourth-order valence-corrected chi connectivity index (χ4v) is 5.63. The van der Waals surface area contributed by atoms with Crippen LogP contribution in [0.3, 0.4) is 0 Å². The molecule has 0 radical (unpaired) electrons. The largest absolute Gasteiger partial charge is 0.497 e. The Morgan fingerprint density at radius 3 is 2.35 bits per heavy atom. The van der Waals surface area contributed by atoms with Crippen molar-refractivity contribution in [2.45, 2.75) is 77.8 Å². The van der Waals surface area contributed by atoms with Gasteiger partial charge in [0.1, 0.15) is 18.1 Å². The van der Waals surface area contributed by atoms with Crippen molar-refractivity contribution in [3.8, 4) is 5.75 Å². The van der Waals surface area contributed by atoms with Gasteiger partial charge in [-0.1, -0.05) is 39.8 Å². The molecule has 4 atom stereocenters. The molecule has 7 nitrogen and oxygen atoms in total. The predicted octanol–water partition coefficient (Wildman–Crippen LogP) is 4.14. The lowest BCUT2D eigenvalue weighted by molar-refractivity contribution is -0.201. The van der Waals surface area contributed by atoms with Crippen LogP contribution in [-0.2, 0) is 30.3 Å². The molecule has 0 aliphatic heterocycles. The zero-order valence-corrected chi connectivity index (χ0v) is 21.6. The van der Waals surface area contributed by atoms with Crippen LogP contribution in [0, 0.1) is 16.7 Å². The summed E-state index contributed by atoms with van der Waals surface area (Å²) in [5.41, 5.74) is -1.33. The van der Waals surface area contributed by atoms with Gasteiger partial charge in [0.25, 0.3) is 0 Å². The average Bonchev–Trinajstić information content (AvgIpc) is 3.06. The Kier molecular flexibility index (Phi) is 8.80. The number of carbonyl (C=O) groups excluding carboxylic acids is 1. The van der Waals surface area contributed by atoms with E-state index in [0.717, 1.165) is 11.3 Å². The summed E-state index contributed by atoms with van der Waals surface area (Å²) in [4.78, 5) is 13.2. The number of hydrogen-bond donors (Lipinski definition) is 1. The number of benzene rings is 1. The molecule has 2 saturated carbocycles. The summed E-state index contributed by atoms with van der Waals surface area (Å²) in [5.74, 6) is 0.669. The number of ketones is 1. The zero-order chi connectivity index (χ0) is 25.0. The minimum Gasteiger partial charge on any atom is -0.497 e. The van der Waals surface area contributed by atoms with Gasteiger partial charge in [-0.2, -0.15) is 0 Å². The van der Waals surface area contributed by atoms with Gasteiger partial charge in [-0.25, -0.2) is 0 Å². The van der Waals surface area contributed by atoms with Crippen LogP contribution in [0.1, 0.15) is 58.9 Å². The van der Waals surface area contributed by atoms with Crippen LogP contribution in [0.25, 0.3) is 0 Å². The third kappa shape index (κ3) is 5.49. The van der Waals surface area contributed by atoms with Crippen molar-refractivity contribution in [1.82, 2.24) is 0 Å². The zero-order valence-electron chi connectivity index (χ0n) is 21.6. The number of fused-ring (bicyclic) bond motifs is 2. The third-order valence-electron chi connectivity index (χ3n) is 8.10. The molecule has 1 aromatic carbocycles. The van der Waals surface area contributed by atoms with Crippen LogP contribution in [0.15, 0.2) is 24.3 Å². The second-order valence-corrected chi connectivity index (χ2v) is 10.9. The normalized spacial score (nSPS) is 30.4. The van der Waals surface area contributed by atoms with Crippen molar-refractivity contribution in [2.75, 3.05) is 34.2 Å². The molecule has 0 amide bonds. The molecule has 0 heterocycles. The Morgan fingerprint density at radius 2 is 1.71 bits per heavy atom. The summed E-state index contributed by atoms with van der Waals surface area (Å²) in [6.07, 6.45) is 1.42. The van der Waals surface area contributed by atoms with Gasteiger partial charge >= 0.3 is 0 Å². The maximum atomic E-state index is 13.2. The minimum atomic E-state index is -1.35. The van der Waals surface area contributed by atoms with Crippen molar-refractivity contribution >= 4 is 5.78 Å². The predicted molar refractivity (Wildman–Crippen MR) is 129 cm³/mol. The molecule has 0 spiro atoms. The first-order valence-corrected chi connectivity index (χ1v) is 12.3. The van der Waals surface area contributed by atoms with Crippen LogP contribution in [0.2, 0.25) is 0 Å². The highest BCUT2D eigenvalue weighted by molar-refractivity contribution is 5.88. The van der Waals surface area contributed by atoms with Crippen molar-refractivity contribution < 1.29 is 33.6 Å². The molecule has 0 saturated heterocycles. The Hall–Kier alpha value is -1.51. The van der Waals surface area contributed by atoms with Crippen molar-refractivity contribution in [2.24, 2.45) is 16.7 Å². The molecule has 1 N–H and O–H groups in total. The molecule has 1 aromatic rings. The van der Waals surface area contributed by atoms with Gasteiger partial charge in [0.2, 0.25) is 0 Å². The summed E-state index contributed by atoms with van der Waals surface area (Å²) in [7, 11) is 3.28. The number of methoxy groups -OCH3 is 2. The second-order valence-electron chi connectivity index (χ2n) is 10.9. The number of aliphatic hydroxyl groups is 1. The van der Waals surface area contributed by atoms with E-state index in [4.69, 9.17) is 23.7 Å². The van der Waals surface area contributed by atoms with Crippen LogP contribution in [0.5, 0.6) is 5.75 Å². The Morgan fingerprint density at radius 1 is 1.00 bits per heavy atom. The summed E-state index contributed by atoms with van der Waals surface area (Å²) in [6.45, 7) is 9.66. The quantitative estimate of drug-likeness (QED) is 0.400. The molecule has 192 valence electrons. The molecule has 34 heavy (non-hydrogen) atoms. The first kappa shape index (κ1) is 27.1. The van der Waals surface area contributed by atoms with E-state index in [9.17, 15) is 9.90 Å². The number of rotatable bonds is 10. The molecule has 2 fully saturated rings. The van der Waals surface area contributed by atoms with Crippen molar-refractivity contribution in [3.05, 3.63) is 29.8 Å². The number of hydrogen-bond acceptors (Lipinski definition) is 7. The van der Waals surface area contributed by atoms with Gasteiger partial charge in [0.05, 0.1) is 39.1 Å². The summed E-state index contributed by atoms with van der Waals surface area (Å²) in [5, 5.41) is 11.5. The van der Waals surface area contributed by atoms with E-state index in [1.807, 2.05) is 38.1 Å². The molecule has 0 aromatic heterocycles. The van der Waals surface area contributed by atoms with Gasteiger partial charge in [0, 0.05) is 18.9 Å². The first-order valence-electron chi connectivity index (χ1n) is 12.3. The highest BCUT2D eigenvalue weighted by Crippen LogP contribution is 2.56. The van der Waals surface area contributed by atoms with Gasteiger partial charge in [-0.05, 0) is 48.3 Å². The van der Waals surface area contributed by atoms with Crippen LogP contribution in [0.4, 0.5) is 0 Å². The fraction of sp³-hybridized carbons (Fsp3) is 0.741. The third-order valence-corrected chi connectivity index (χ3v) is 8.10. The van der Waals surface area contributed by atoms with E-state index >= 15 is 0 Å². The van der Waals surface area contributed by atoms with E-state index in [-0.39, 0.29) is 36.1 Å². The minimum absolute atomic E-state index is 0.0546. The topological polar surface area (TPSA) is 83.5 Å². The van der Waals surface area contributed by atoms with Crippen molar-refractivity contribution in [1.29, 1.82) is 0 Å². The summed E-state index contributed by atoms with van der Waals surface area (Å²) in [6, 6.07) is 7.81. The standard InChI is InChI=1S/C27H42O7/c1-25(2)13-12-22(28)27(29)14-11-21(26(27,3)4)23(24(25)34-18-32-16-15-30-5)33-17-19-7-9-20(31-6)10-8-19/h7-10,21,23-24,29H,11-18H2,1-6H3/t21-,23-,24-,27-/m1/s1. The molecular weight excluding hydrogens is 436 g/mol. The van der Waals surface area contributed by atoms with Gasteiger partial charge in [-0.15, -0.1) is 0 Å². The average molecular weight is 479 g/mol. The lowest BCUT2D eigenvalue weighted by Gasteiger charge is -2.45. The maximum absolute atomic E-state index is 13.2.